The van der Waals surface area contributed by atoms with Crippen LogP contribution in [0.1, 0.15) is 61.8 Å². The summed E-state index contributed by atoms with van der Waals surface area (Å²) in [6, 6.07) is 6.44. The van der Waals surface area contributed by atoms with Crippen LogP contribution in [0.25, 0.3) is 0 Å². The number of hydrogen-bond acceptors (Lipinski definition) is 3. The van der Waals surface area contributed by atoms with E-state index in [1.54, 1.807) is 24.3 Å². The van der Waals surface area contributed by atoms with Crippen LogP contribution in [0.5, 0.6) is 0 Å². The number of rotatable bonds is 4. The standard InChI is InChI=1S/C16H22O3/c1-15(2,3)11-16(4,5)19-14(18)13-8-6-12(10-17)7-9-13/h6-10H,11H2,1-5H3. The minimum atomic E-state index is -0.515. The van der Waals surface area contributed by atoms with Crippen LogP contribution in [0, 0.1) is 5.41 Å². The van der Waals surface area contributed by atoms with E-state index in [1.165, 1.54) is 0 Å². The second kappa shape index (κ2) is 5.55. The number of hydrogen-bond donors (Lipinski definition) is 0. The fraction of sp³-hybridized carbons (Fsp3) is 0.500. The molecule has 0 aliphatic rings. The Kier molecular flexibility index (Phi) is 4.51. The highest BCUT2D eigenvalue weighted by atomic mass is 16.6. The molecular formula is C16H22O3. The molecule has 19 heavy (non-hydrogen) atoms. The fourth-order valence-electron chi connectivity index (χ4n) is 2.32. The number of esters is 1. The molecule has 0 radical (unpaired) electrons. The number of ether oxygens (including phenoxy) is 1. The third-order valence-electron chi connectivity index (χ3n) is 2.61. The van der Waals surface area contributed by atoms with Crippen LogP contribution in [-0.2, 0) is 4.74 Å². The average Bonchev–Trinajstić information content (AvgIpc) is 2.25. The van der Waals surface area contributed by atoms with E-state index >= 15 is 0 Å². The van der Waals surface area contributed by atoms with Crippen LogP contribution in [-0.4, -0.2) is 17.9 Å². The largest absolute Gasteiger partial charge is 0.456 e. The molecule has 0 unspecified atom stereocenters. The van der Waals surface area contributed by atoms with Crippen molar-refractivity contribution < 1.29 is 14.3 Å². The first-order valence-corrected chi connectivity index (χ1v) is 6.42. The lowest BCUT2D eigenvalue weighted by atomic mass is 9.83. The first-order valence-electron chi connectivity index (χ1n) is 6.42. The molecule has 0 N–H and O–H groups in total. The third kappa shape index (κ3) is 5.25. The molecule has 1 rings (SSSR count). The maximum atomic E-state index is 12.0. The predicted molar refractivity (Wildman–Crippen MR) is 75.4 cm³/mol. The van der Waals surface area contributed by atoms with Gasteiger partial charge in [-0.25, -0.2) is 4.79 Å². The van der Waals surface area contributed by atoms with Crippen LogP contribution in [0.15, 0.2) is 24.3 Å². The molecule has 0 fully saturated rings. The summed E-state index contributed by atoms with van der Waals surface area (Å²) >= 11 is 0. The highest BCUT2D eigenvalue weighted by molar-refractivity contribution is 5.90. The minimum absolute atomic E-state index is 0.0884. The molecule has 0 spiro atoms. The Bertz CT molecular complexity index is 450. The lowest BCUT2D eigenvalue weighted by Crippen LogP contribution is -2.32. The first kappa shape index (κ1) is 15.4. The van der Waals surface area contributed by atoms with Gasteiger partial charge in [0.25, 0.3) is 0 Å². The van der Waals surface area contributed by atoms with Gasteiger partial charge in [0.2, 0.25) is 0 Å². The summed E-state index contributed by atoms with van der Waals surface area (Å²) in [6.07, 6.45) is 1.52. The Hall–Kier alpha value is -1.64. The Morgan fingerprint density at radius 3 is 2.05 bits per heavy atom. The quantitative estimate of drug-likeness (QED) is 0.611. The van der Waals surface area contributed by atoms with Gasteiger partial charge in [-0.15, -0.1) is 0 Å². The molecular weight excluding hydrogens is 240 g/mol. The van der Waals surface area contributed by atoms with Gasteiger partial charge in [-0.1, -0.05) is 32.9 Å². The summed E-state index contributed by atoms with van der Waals surface area (Å²) in [4.78, 5) is 22.6. The molecule has 0 aliphatic carbocycles. The van der Waals surface area contributed by atoms with Gasteiger partial charge in [0.05, 0.1) is 5.56 Å². The molecule has 3 nitrogen and oxygen atoms in total. The van der Waals surface area contributed by atoms with Crippen molar-refractivity contribution in [2.24, 2.45) is 5.41 Å². The molecule has 104 valence electrons. The van der Waals surface area contributed by atoms with Gasteiger partial charge in [-0.05, 0) is 37.8 Å². The zero-order valence-corrected chi connectivity index (χ0v) is 12.3. The van der Waals surface area contributed by atoms with E-state index in [1.807, 2.05) is 13.8 Å². The molecule has 0 saturated heterocycles. The number of carbonyl (C=O) groups excluding carboxylic acids is 2. The van der Waals surface area contributed by atoms with Crippen molar-refractivity contribution in [3.05, 3.63) is 35.4 Å². The second-order valence-corrected chi connectivity index (χ2v) is 6.63. The maximum absolute atomic E-state index is 12.0. The van der Waals surface area contributed by atoms with Crippen molar-refractivity contribution in [2.45, 2.75) is 46.6 Å². The van der Waals surface area contributed by atoms with E-state index in [0.29, 0.717) is 11.1 Å². The highest BCUT2D eigenvalue weighted by Crippen LogP contribution is 2.30. The van der Waals surface area contributed by atoms with Crippen LogP contribution in [0.3, 0.4) is 0 Å². The van der Waals surface area contributed by atoms with Gasteiger partial charge in [-0.2, -0.15) is 0 Å². The van der Waals surface area contributed by atoms with E-state index in [4.69, 9.17) is 4.74 Å². The van der Waals surface area contributed by atoms with Crippen molar-refractivity contribution in [1.82, 2.24) is 0 Å². The van der Waals surface area contributed by atoms with Gasteiger partial charge in [0.15, 0.2) is 0 Å². The third-order valence-corrected chi connectivity index (χ3v) is 2.61. The molecule has 0 atom stereocenters. The van der Waals surface area contributed by atoms with Gasteiger partial charge >= 0.3 is 5.97 Å². The zero-order valence-electron chi connectivity index (χ0n) is 12.3. The van der Waals surface area contributed by atoms with Crippen molar-refractivity contribution >= 4 is 12.3 Å². The van der Waals surface area contributed by atoms with Crippen molar-refractivity contribution in [3.8, 4) is 0 Å². The van der Waals surface area contributed by atoms with E-state index in [9.17, 15) is 9.59 Å². The maximum Gasteiger partial charge on any atom is 0.338 e. The molecule has 0 amide bonds. The molecule has 0 heterocycles. The number of carbonyl (C=O) groups is 2. The minimum Gasteiger partial charge on any atom is -0.456 e. The van der Waals surface area contributed by atoms with Crippen molar-refractivity contribution in [1.29, 1.82) is 0 Å². The van der Waals surface area contributed by atoms with Crippen LogP contribution in [0.2, 0.25) is 0 Å². The summed E-state index contributed by atoms with van der Waals surface area (Å²) in [6.45, 7) is 10.2. The number of aldehydes is 1. The predicted octanol–water partition coefficient (Wildman–Crippen LogP) is 3.87. The topological polar surface area (TPSA) is 43.4 Å². The average molecular weight is 262 g/mol. The zero-order chi connectivity index (χ0) is 14.7. The smallest absolute Gasteiger partial charge is 0.338 e. The van der Waals surface area contributed by atoms with Gasteiger partial charge in [-0.3, -0.25) is 4.79 Å². The summed E-state index contributed by atoms with van der Waals surface area (Å²) in [7, 11) is 0. The highest BCUT2D eigenvalue weighted by Gasteiger charge is 2.29. The van der Waals surface area contributed by atoms with Crippen molar-refractivity contribution in [2.75, 3.05) is 0 Å². The monoisotopic (exact) mass is 262 g/mol. The van der Waals surface area contributed by atoms with Gasteiger partial charge in [0.1, 0.15) is 11.9 Å². The normalized spacial score (nSPS) is 12.1. The van der Waals surface area contributed by atoms with Gasteiger partial charge in [0, 0.05) is 5.56 Å². The fourth-order valence-corrected chi connectivity index (χ4v) is 2.32. The summed E-state index contributed by atoms with van der Waals surface area (Å²) in [5.74, 6) is -0.355. The SMILES string of the molecule is CC(C)(C)CC(C)(C)OC(=O)c1ccc(C=O)cc1. The lowest BCUT2D eigenvalue weighted by molar-refractivity contribution is -0.0178. The second-order valence-electron chi connectivity index (χ2n) is 6.63. The molecule has 0 aromatic heterocycles. The number of benzene rings is 1. The Labute approximate surface area is 115 Å². The summed E-state index contributed by atoms with van der Waals surface area (Å²) in [5, 5.41) is 0. The van der Waals surface area contributed by atoms with Crippen LogP contribution in [0.4, 0.5) is 0 Å². The Morgan fingerprint density at radius 1 is 1.11 bits per heavy atom. The molecule has 3 heteroatoms. The lowest BCUT2D eigenvalue weighted by Gasteiger charge is -2.32. The molecule has 0 saturated carbocycles. The first-order chi connectivity index (χ1) is 8.63. The van der Waals surface area contributed by atoms with E-state index in [-0.39, 0.29) is 11.4 Å². The van der Waals surface area contributed by atoms with Crippen molar-refractivity contribution in [3.63, 3.8) is 0 Å². The summed E-state index contributed by atoms with van der Waals surface area (Å²) in [5.41, 5.74) is 0.585. The van der Waals surface area contributed by atoms with E-state index < -0.39 is 5.60 Å². The molecule has 0 aliphatic heterocycles. The van der Waals surface area contributed by atoms with E-state index in [0.717, 1.165) is 12.7 Å². The Balaban J connectivity index is 2.75. The Morgan fingerprint density at radius 2 is 1.63 bits per heavy atom. The molecule has 1 aromatic carbocycles. The molecule has 0 bridgehead atoms. The molecule has 1 aromatic rings. The van der Waals surface area contributed by atoms with E-state index in [2.05, 4.69) is 20.8 Å². The van der Waals surface area contributed by atoms with Crippen LogP contribution >= 0.6 is 0 Å². The van der Waals surface area contributed by atoms with Gasteiger partial charge < -0.3 is 4.74 Å². The van der Waals surface area contributed by atoms with Crippen LogP contribution < -0.4 is 0 Å². The summed E-state index contributed by atoms with van der Waals surface area (Å²) < 4.78 is 5.55.